The second-order valence-electron chi connectivity index (χ2n) is 10.9. The summed E-state index contributed by atoms with van der Waals surface area (Å²) in [6.07, 6.45) is -20.3. The highest BCUT2D eigenvalue weighted by molar-refractivity contribution is 5.80. The number of aliphatic imine (C=N–C) groups is 1. The minimum atomic E-state index is -1.82. The maximum atomic E-state index is 12.5. The Balaban J connectivity index is 1.89. The first kappa shape index (κ1) is 35.3. The Hall–Kier alpha value is -2.18. The van der Waals surface area contributed by atoms with E-state index in [2.05, 4.69) is 15.5 Å². The van der Waals surface area contributed by atoms with E-state index in [0.717, 1.165) is 0 Å². The number of hydrogen-bond donors (Lipinski definition) is 12. The number of nitrogens with zero attached hydrogens (tertiary/aromatic N) is 2. The van der Waals surface area contributed by atoms with Crippen LogP contribution in [0.5, 0.6) is 0 Å². The van der Waals surface area contributed by atoms with Crippen molar-refractivity contribution in [2.75, 3.05) is 13.1 Å². The Kier molecular flexibility index (Phi) is 12.5. The van der Waals surface area contributed by atoms with E-state index >= 15 is 0 Å². The molecule has 0 aromatic rings. The van der Waals surface area contributed by atoms with Crippen molar-refractivity contribution in [3.05, 3.63) is 4.91 Å². The molecule has 1 saturated carbocycles. The highest BCUT2D eigenvalue weighted by atomic mass is 16.7. The fourth-order valence-electron chi connectivity index (χ4n) is 5.26. The van der Waals surface area contributed by atoms with Crippen LogP contribution in [0.25, 0.3) is 0 Å². The standard InChI is InChI=1S/C23H43N7O13/c1-6(31)17-15(36)14(35)11(30-39)21(41-17)42-18-7(25)4-8(29-20(38)9(32)2-3-24)12(33)19(18)43-22-16(37)13(34)10(40-22)5-28-23(26)27/h6-19,21-22,31-37H,2-5,24-25H2,1H3,(H,29,38)(H4,26,27,28)/t6-,7?,8-,9?,10-,11?,12?,13?,14?,15+,16?,17?,18-,19?,21-,22+/m1/s1. The fourth-order valence-corrected chi connectivity index (χ4v) is 5.26. The molecule has 43 heavy (non-hydrogen) atoms. The number of ether oxygens (including phenoxy) is 4. The number of hydrogen-bond acceptors (Lipinski definition) is 17. The van der Waals surface area contributed by atoms with Crippen LogP contribution in [0.15, 0.2) is 10.2 Å². The number of nitroso groups, excluding NO2 is 1. The molecule has 3 fully saturated rings. The monoisotopic (exact) mass is 625 g/mol. The molecule has 20 heteroatoms. The van der Waals surface area contributed by atoms with Crippen molar-refractivity contribution in [2.24, 2.45) is 33.1 Å². The molecule has 0 spiro atoms. The number of carbonyl (C=O) groups is 1. The molecule has 9 unspecified atom stereocenters. The summed E-state index contributed by atoms with van der Waals surface area (Å²) in [7, 11) is 0. The normalized spacial score (nSPS) is 43.0. The van der Waals surface area contributed by atoms with E-state index in [4.69, 9.17) is 41.9 Å². The first-order valence-corrected chi connectivity index (χ1v) is 13.7. The summed E-state index contributed by atoms with van der Waals surface area (Å²) < 4.78 is 22.9. The van der Waals surface area contributed by atoms with Gasteiger partial charge in [-0.1, -0.05) is 5.18 Å². The summed E-state index contributed by atoms with van der Waals surface area (Å²) in [5, 5.41) is 78.5. The SMILES string of the molecule is C[C@@H](O)C1O[C@H](O[C@@H]2C(N)C[C@@H](NC(=O)C(O)CCN)C(O)C2O[C@@H]2O[C@H](CN=C(N)N)C(O)C2O)C(N=O)C(O)[C@@H]1O. The largest absolute Gasteiger partial charge is 0.391 e. The van der Waals surface area contributed by atoms with E-state index in [0.29, 0.717) is 0 Å². The number of nitrogens with two attached hydrogens (primary N) is 4. The molecular formula is C23H43N7O13. The van der Waals surface area contributed by atoms with Crippen LogP contribution >= 0.6 is 0 Å². The molecule has 0 aromatic heterocycles. The number of aliphatic hydroxyl groups is 7. The van der Waals surface area contributed by atoms with Crippen LogP contribution in [-0.2, 0) is 23.7 Å². The Morgan fingerprint density at radius 2 is 1.63 bits per heavy atom. The predicted molar refractivity (Wildman–Crippen MR) is 143 cm³/mol. The highest BCUT2D eigenvalue weighted by Crippen LogP contribution is 2.34. The van der Waals surface area contributed by atoms with Gasteiger partial charge in [0.25, 0.3) is 0 Å². The third-order valence-electron chi connectivity index (χ3n) is 7.65. The van der Waals surface area contributed by atoms with E-state index < -0.39 is 104 Å². The molecule has 16 N–H and O–H groups in total. The van der Waals surface area contributed by atoms with Crippen molar-refractivity contribution in [2.45, 2.75) is 118 Å². The molecule has 3 rings (SSSR count). The molecule has 2 heterocycles. The molecule has 0 bridgehead atoms. The Morgan fingerprint density at radius 3 is 2.21 bits per heavy atom. The summed E-state index contributed by atoms with van der Waals surface area (Å²) in [4.78, 5) is 27.9. The van der Waals surface area contributed by atoms with Crippen LogP contribution in [0.3, 0.4) is 0 Å². The van der Waals surface area contributed by atoms with Crippen LogP contribution < -0.4 is 28.3 Å². The van der Waals surface area contributed by atoms with Gasteiger partial charge in [0.1, 0.15) is 61.0 Å². The quantitative estimate of drug-likeness (QED) is 0.0544. The first-order chi connectivity index (χ1) is 20.2. The molecule has 2 aliphatic heterocycles. The first-order valence-electron chi connectivity index (χ1n) is 13.7. The third-order valence-corrected chi connectivity index (χ3v) is 7.65. The van der Waals surface area contributed by atoms with Gasteiger partial charge < -0.3 is 82.9 Å². The highest BCUT2D eigenvalue weighted by Gasteiger charge is 2.54. The van der Waals surface area contributed by atoms with Gasteiger partial charge in [0.2, 0.25) is 5.91 Å². The molecule has 20 nitrogen and oxygen atoms in total. The number of nitrogens with one attached hydrogen (secondary N) is 1. The van der Waals surface area contributed by atoms with Gasteiger partial charge in [-0.05, 0) is 26.3 Å². The molecule has 0 aromatic carbocycles. The Bertz CT molecular complexity index is 963. The number of rotatable bonds is 12. The van der Waals surface area contributed by atoms with E-state index in [-0.39, 0.29) is 31.9 Å². The summed E-state index contributed by atoms with van der Waals surface area (Å²) in [6.45, 7) is 1.02. The summed E-state index contributed by atoms with van der Waals surface area (Å²) >= 11 is 0. The smallest absolute Gasteiger partial charge is 0.249 e. The van der Waals surface area contributed by atoms with E-state index in [9.17, 15) is 45.4 Å². The van der Waals surface area contributed by atoms with Gasteiger partial charge in [-0.15, -0.1) is 0 Å². The van der Waals surface area contributed by atoms with Crippen molar-refractivity contribution >= 4 is 11.9 Å². The van der Waals surface area contributed by atoms with Gasteiger partial charge in [0.05, 0.1) is 18.7 Å². The second-order valence-corrected chi connectivity index (χ2v) is 10.9. The predicted octanol–water partition coefficient (Wildman–Crippen LogP) is -7.27. The van der Waals surface area contributed by atoms with Crippen molar-refractivity contribution in [1.82, 2.24) is 5.32 Å². The summed E-state index contributed by atoms with van der Waals surface area (Å²) in [6, 6.07) is -3.97. The van der Waals surface area contributed by atoms with Crippen LogP contribution in [0.4, 0.5) is 0 Å². The third kappa shape index (κ3) is 8.11. The topological polar surface area (TPSA) is 354 Å². The summed E-state index contributed by atoms with van der Waals surface area (Å²) in [5.74, 6) is -1.16. The van der Waals surface area contributed by atoms with Crippen LogP contribution in [0, 0.1) is 4.91 Å². The van der Waals surface area contributed by atoms with Crippen LogP contribution in [0.1, 0.15) is 19.8 Å². The maximum absolute atomic E-state index is 12.5. The lowest BCUT2D eigenvalue weighted by atomic mass is 9.83. The van der Waals surface area contributed by atoms with Gasteiger partial charge in [0.15, 0.2) is 24.6 Å². The zero-order valence-corrected chi connectivity index (χ0v) is 23.3. The van der Waals surface area contributed by atoms with E-state index in [1.807, 2.05) is 0 Å². The zero-order valence-electron chi connectivity index (χ0n) is 23.3. The number of amides is 1. The van der Waals surface area contributed by atoms with Crippen LogP contribution in [-0.4, -0.2) is 159 Å². The lowest BCUT2D eigenvalue weighted by molar-refractivity contribution is -0.315. The minimum Gasteiger partial charge on any atom is -0.391 e. The number of guanidine groups is 1. The van der Waals surface area contributed by atoms with Crippen molar-refractivity contribution in [3.8, 4) is 0 Å². The average Bonchev–Trinajstić information content (AvgIpc) is 3.21. The van der Waals surface area contributed by atoms with Gasteiger partial charge in [-0.25, -0.2) is 0 Å². The maximum Gasteiger partial charge on any atom is 0.249 e. The van der Waals surface area contributed by atoms with E-state index in [1.54, 1.807) is 0 Å². The average molecular weight is 626 g/mol. The van der Waals surface area contributed by atoms with Crippen LogP contribution in [0.2, 0.25) is 0 Å². The molecule has 2 saturated heterocycles. The Morgan fingerprint density at radius 1 is 0.977 bits per heavy atom. The molecular weight excluding hydrogens is 582 g/mol. The molecule has 0 radical (unpaired) electrons. The summed E-state index contributed by atoms with van der Waals surface area (Å²) in [5.41, 5.74) is 22.4. The molecule has 3 aliphatic rings. The number of carbonyl (C=O) groups excluding carboxylic acids is 1. The molecule has 16 atom stereocenters. The minimum absolute atomic E-state index is 0.00451. The second kappa shape index (κ2) is 15.2. The van der Waals surface area contributed by atoms with Crippen molar-refractivity contribution in [1.29, 1.82) is 0 Å². The molecule has 1 aliphatic carbocycles. The van der Waals surface area contributed by atoms with Gasteiger partial charge in [-0.2, -0.15) is 4.91 Å². The lowest BCUT2D eigenvalue weighted by Gasteiger charge is -2.47. The molecule has 248 valence electrons. The zero-order chi connectivity index (χ0) is 32.2. The fraction of sp³-hybridized carbons (Fsp3) is 0.913. The van der Waals surface area contributed by atoms with Crippen molar-refractivity contribution < 1.29 is 59.5 Å². The van der Waals surface area contributed by atoms with Crippen molar-refractivity contribution in [3.63, 3.8) is 0 Å². The Labute approximate surface area is 245 Å². The van der Waals surface area contributed by atoms with E-state index in [1.165, 1.54) is 6.92 Å². The lowest BCUT2D eigenvalue weighted by Crippen LogP contribution is -2.68. The number of aliphatic hydroxyl groups excluding tert-OH is 7. The van der Waals surface area contributed by atoms with Gasteiger partial charge in [0, 0.05) is 6.04 Å². The van der Waals surface area contributed by atoms with Gasteiger partial charge >= 0.3 is 0 Å². The molecule has 1 amide bonds. The van der Waals surface area contributed by atoms with Gasteiger partial charge in [-0.3, -0.25) is 9.79 Å².